The zero-order chi connectivity index (χ0) is 13.7. The van der Waals surface area contributed by atoms with Crippen molar-refractivity contribution in [2.24, 2.45) is 0 Å². The first kappa shape index (κ1) is 13.5. The Kier molecular flexibility index (Phi) is 4.48. The lowest BCUT2D eigenvalue weighted by Crippen LogP contribution is -2.27. The number of hydrogen-bond acceptors (Lipinski definition) is 4. The number of carbonyl (C=O) groups excluding carboxylic acids is 2. The van der Waals surface area contributed by atoms with Gasteiger partial charge in [-0.1, -0.05) is 6.07 Å². The van der Waals surface area contributed by atoms with Crippen LogP contribution < -0.4 is 10.6 Å². The van der Waals surface area contributed by atoms with Gasteiger partial charge >= 0.3 is 0 Å². The predicted octanol–water partition coefficient (Wildman–Crippen LogP) is -0.0801. The van der Waals surface area contributed by atoms with E-state index in [4.69, 9.17) is 9.84 Å². The molecule has 2 amide bonds. The lowest BCUT2D eigenvalue weighted by molar-refractivity contribution is -0.115. The number of benzene rings is 1. The molecule has 0 saturated carbocycles. The van der Waals surface area contributed by atoms with Gasteiger partial charge in [0.2, 0.25) is 5.91 Å². The van der Waals surface area contributed by atoms with Gasteiger partial charge in [-0.3, -0.25) is 9.59 Å². The predicted molar refractivity (Wildman–Crippen MR) is 69.0 cm³/mol. The quantitative estimate of drug-likeness (QED) is 0.627. The van der Waals surface area contributed by atoms with Crippen LogP contribution in [0.2, 0.25) is 0 Å². The van der Waals surface area contributed by atoms with Crippen LogP contribution in [0.5, 0.6) is 0 Å². The highest BCUT2D eigenvalue weighted by Crippen LogP contribution is 2.23. The number of amides is 2. The first-order valence-electron chi connectivity index (χ1n) is 6.10. The van der Waals surface area contributed by atoms with Gasteiger partial charge in [-0.2, -0.15) is 0 Å². The largest absolute Gasteiger partial charge is 0.394 e. The third-order valence-electron chi connectivity index (χ3n) is 2.76. The Morgan fingerprint density at radius 3 is 3.05 bits per heavy atom. The number of aliphatic hydroxyl groups is 1. The zero-order valence-electron chi connectivity index (χ0n) is 10.4. The van der Waals surface area contributed by atoms with Gasteiger partial charge in [-0.25, -0.2) is 0 Å². The average molecular weight is 264 g/mol. The number of anilines is 1. The minimum Gasteiger partial charge on any atom is -0.394 e. The molecule has 2 rings (SSSR count). The van der Waals surface area contributed by atoms with E-state index in [-0.39, 0.29) is 25.0 Å². The lowest BCUT2D eigenvalue weighted by Gasteiger charge is -2.07. The Morgan fingerprint density at radius 2 is 2.26 bits per heavy atom. The Balaban J connectivity index is 1.86. The number of rotatable bonds is 6. The normalized spacial score (nSPS) is 13.0. The third kappa shape index (κ3) is 3.52. The second kappa shape index (κ2) is 6.31. The molecule has 0 saturated heterocycles. The van der Waals surface area contributed by atoms with Crippen molar-refractivity contribution in [3.8, 4) is 0 Å². The molecule has 1 aromatic rings. The Morgan fingerprint density at radius 1 is 1.42 bits per heavy atom. The van der Waals surface area contributed by atoms with Crippen molar-refractivity contribution >= 4 is 17.5 Å². The summed E-state index contributed by atoms with van der Waals surface area (Å²) in [7, 11) is 0. The molecule has 0 fully saturated rings. The van der Waals surface area contributed by atoms with Crippen molar-refractivity contribution in [3.05, 3.63) is 29.3 Å². The lowest BCUT2D eigenvalue weighted by atomic mass is 10.1. The summed E-state index contributed by atoms with van der Waals surface area (Å²) in [6.07, 6.45) is 0.367. The van der Waals surface area contributed by atoms with E-state index in [9.17, 15) is 9.59 Å². The topological polar surface area (TPSA) is 87.7 Å². The van der Waals surface area contributed by atoms with Crippen LogP contribution in [-0.4, -0.2) is 43.3 Å². The summed E-state index contributed by atoms with van der Waals surface area (Å²) in [6, 6.07) is 5.15. The van der Waals surface area contributed by atoms with Crippen LogP contribution in [0.25, 0.3) is 0 Å². The summed E-state index contributed by atoms with van der Waals surface area (Å²) < 4.78 is 5.04. The van der Waals surface area contributed by atoms with Gasteiger partial charge < -0.3 is 20.5 Å². The fourth-order valence-electron chi connectivity index (χ4n) is 1.86. The molecule has 3 N–H and O–H groups in total. The minimum atomic E-state index is -0.212. The SMILES string of the molecule is O=C1Cc2ccc(C(=O)NCCOCCO)cc2N1. The van der Waals surface area contributed by atoms with Gasteiger partial charge in [0, 0.05) is 17.8 Å². The van der Waals surface area contributed by atoms with Crippen LogP contribution in [0.15, 0.2) is 18.2 Å². The summed E-state index contributed by atoms with van der Waals surface area (Å²) >= 11 is 0. The summed E-state index contributed by atoms with van der Waals surface area (Å²) in [6.45, 7) is 0.968. The first-order chi connectivity index (χ1) is 9.20. The number of ether oxygens (including phenoxy) is 1. The molecule has 1 aliphatic heterocycles. The molecule has 0 spiro atoms. The molecule has 0 aliphatic carbocycles. The van der Waals surface area contributed by atoms with E-state index in [2.05, 4.69) is 10.6 Å². The van der Waals surface area contributed by atoms with Gasteiger partial charge in [0.25, 0.3) is 5.91 Å². The van der Waals surface area contributed by atoms with Gasteiger partial charge in [-0.15, -0.1) is 0 Å². The van der Waals surface area contributed by atoms with Crippen molar-refractivity contribution in [3.63, 3.8) is 0 Å². The van der Waals surface area contributed by atoms with Crippen LogP contribution in [0.1, 0.15) is 15.9 Å². The highest BCUT2D eigenvalue weighted by molar-refractivity contribution is 6.02. The Bertz CT molecular complexity index is 488. The van der Waals surface area contributed by atoms with Gasteiger partial charge in [0.05, 0.1) is 26.2 Å². The molecule has 1 heterocycles. The monoisotopic (exact) mass is 264 g/mol. The minimum absolute atomic E-state index is 0.0293. The maximum absolute atomic E-state index is 11.8. The fraction of sp³-hybridized carbons (Fsp3) is 0.385. The maximum atomic E-state index is 11.8. The Hall–Kier alpha value is -1.92. The van der Waals surface area contributed by atoms with Gasteiger partial charge in [0.15, 0.2) is 0 Å². The van der Waals surface area contributed by atoms with Crippen molar-refractivity contribution < 1.29 is 19.4 Å². The van der Waals surface area contributed by atoms with Crippen LogP contribution in [0, 0.1) is 0 Å². The molecule has 6 heteroatoms. The number of nitrogens with one attached hydrogen (secondary N) is 2. The molecule has 1 aliphatic rings. The van der Waals surface area contributed by atoms with E-state index >= 15 is 0 Å². The molecule has 6 nitrogen and oxygen atoms in total. The summed E-state index contributed by atoms with van der Waals surface area (Å²) in [5.41, 5.74) is 2.12. The molecule has 19 heavy (non-hydrogen) atoms. The first-order valence-corrected chi connectivity index (χ1v) is 6.10. The van der Waals surface area contributed by atoms with Gasteiger partial charge in [0.1, 0.15) is 0 Å². The van der Waals surface area contributed by atoms with Crippen LogP contribution in [-0.2, 0) is 16.0 Å². The van der Waals surface area contributed by atoms with E-state index < -0.39 is 0 Å². The number of fused-ring (bicyclic) bond motifs is 1. The van der Waals surface area contributed by atoms with Gasteiger partial charge in [-0.05, 0) is 17.7 Å². The van der Waals surface area contributed by atoms with E-state index in [0.29, 0.717) is 30.8 Å². The van der Waals surface area contributed by atoms with Crippen molar-refractivity contribution in [1.82, 2.24) is 5.32 Å². The van der Waals surface area contributed by atoms with Crippen molar-refractivity contribution in [1.29, 1.82) is 0 Å². The highest BCUT2D eigenvalue weighted by atomic mass is 16.5. The van der Waals surface area contributed by atoms with E-state index in [0.717, 1.165) is 5.56 Å². The molecule has 0 radical (unpaired) electrons. The van der Waals surface area contributed by atoms with E-state index in [1.54, 1.807) is 18.2 Å². The molecular weight excluding hydrogens is 248 g/mol. The highest BCUT2D eigenvalue weighted by Gasteiger charge is 2.18. The average Bonchev–Trinajstić information content (AvgIpc) is 2.77. The number of carbonyl (C=O) groups is 2. The summed E-state index contributed by atoms with van der Waals surface area (Å²) in [4.78, 5) is 23.0. The molecule has 0 atom stereocenters. The van der Waals surface area contributed by atoms with Crippen molar-refractivity contribution in [2.75, 3.05) is 31.7 Å². The van der Waals surface area contributed by atoms with Crippen molar-refractivity contribution in [2.45, 2.75) is 6.42 Å². The van der Waals surface area contributed by atoms with Crippen LogP contribution in [0.3, 0.4) is 0 Å². The maximum Gasteiger partial charge on any atom is 0.251 e. The standard InChI is InChI=1S/C13H16N2O4/c16-4-6-19-5-3-14-13(18)10-2-1-9-8-12(17)15-11(9)7-10/h1-2,7,16H,3-6,8H2,(H,14,18)(H,15,17). The zero-order valence-corrected chi connectivity index (χ0v) is 10.4. The second-order valence-corrected chi connectivity index (χ2v) is 4.19. The fourth-order valence-corrected chi connectivity index (χ4v) is 1.86. The van der Waals surface area contributed by atoms with E-state index in [1.807, 2.05) is 0 Å². The number of aliphatic hydroxyl groups excluding tert-OH is 1. The molecular formula is C13H16N2O4. The molecule has 0 bridgehead atoms. The van der Waals surface area contributed by atoms with E-state index in [1.165, 1.54) is 0 Å². The summed E-state index contributed by atoms with van der Waals surface area (Å²) in [5, 5.41) is 13.9. The second-order valence-electron chi connectivity index (χ2n) is 4.19. The third-order valence-corrected chi connectivity index (χ3v) is 2.76. The summed E-state index contributed by atoms with van der Waals surface area (Å²) in [5.74, 6) is -0.262. The molecule has 1 aromatic carbocycles. The van der Waals surface area contributed by atoms with Crippen LogP contribution >= 0.6 is 0 Å². The smallest absolute Gasteiger partial charge is 0.251 e. The van der Waals surface area contributed by atoms with Crippen LogP contribution in [0.4, 0.5) is 5.69 Å². The molecule has 102 valence electrons. The molecule has 0 unspecified atom stereocenters. The Labute approximate surface area is 110 Å². The molecule has 0 aromatic heterocycles. The number of hydrogen-bond donors (Lipinski definition) is 3.